The van der Waals surface area contributed by atoms with Gasteiger partial charge in [-0.05, 0) is 71.8 Å². The van der Waals surface area contributed by atoms with Gasteiger partial charge in [-0.2, -0.15) is 0 Å². The number of sulfone groups is 1. The molecule has 10 heteroatoms. The summed E-state index contributed by atoms with van der Waals surface area (Å²) in [5.41, 5.74) is 4.02. The summed E-state index contributed by atoms with van der Waals surface area (Å²) >= 11 is 0. The number of benzene rings is 4. The zero-order valence-corrected chi connectivity index (χ0v) is 21.0. The lowest BCUT2D eigenvalue weighted by Crippen LogP contribution is -2.19. The number of rotatable bonds is 6. The Hall–Kier alpha value is -4.83. The van der Waals surface area contributed by atoms with Crippen molar-refractivity contribution < 1.29 is 17.6 Å². The third kappa shape index (κ3) is 5.76. The Labute approximate surface area is 218 Å². The number of aromatic nitrogens is 2. The van der Waals surface area contributed by atoms with Gasteiger partial charge in [0.15, 0.2) is 9.84 Å². The minimum Gasteiger partial charge on any atom is -0.340 e. The standard InChI is InChI=1S/C28H22FN5O3S/c1-38(36,37)24-11-8-18(9-12-24)19-10-13-25-26(14-19)30-17-31-27(25)32-22-6-3-7-23(16-22)34-28(35)33-21-5-2-4-20(29)15-21/h2-17H,1H3,(H,30,31,32)(H2,33,34,35). The summed E-state index contributed by atoms with van der Waals surface area (Å²) in [6.07, 6.45) is 2.63. The van der Waals surface area contributed by atoms with E-state index in [1.54, 1.807) is 48.5 Å². The molecule has 4 aromatic carbocycles. The van der Waals surface area contributed by atoms with Crippen molar-refractivity contribution in [3.05, 3.63) is 103 Å². The van der Waals surface area contributed by atoms with Crippen LogP contribution in [-0.4, -0.2) is 30.7 Å². The zero-order valence-electron chi connectivity index (χ0n) is 20.1. The molecule has 0 aliphatic carbocycles. The minimum atomic E-state index is -3.27. The van der Waals surface area contributed by atoms with E-state index in [-0.39, 0.29) is 4.90 Å². The molecule has 2 amide bonds. The molecule has 1 heterocycles. The predicted octanol–water partition coefficient (Wildman–Crippen LogP) is 6.23. The van der Waals surface area contributed by atoms with E-state index >= 15 is 0 Å². The van der Waals surface area contributed by atoms with Gasteiger partial charge in [0.1, 0.15) is 18.0 Å². The largest absolute Gasteiger partial charge is 0.340 e. The van der Waals surface area contributed by atoms with Gasteiger partial charge in [0.2, 0.25) is 0 Å². The molecule has 0 bridgehead atoms. The third-order valence-corrected chi connectivity index (χ3v) is 6.85. The Kier molecular flexibility index (Phi) is 6.71. The maximum Gasteiger partial charge on any atom is 0.323 e. The molecule has 0 spiro atoms. The van der Waals surface area contributed by atoms with E-state index in [4.69, 9.17) is 0 Å². The molecule has 0 fully saturated rings. The Morgan fingerprint density at radius 3 is 2.13 bits per heavy atom. The molecule has 0 aliphatic rings. The molecule has 0 saturated carbocycles. The Morgan fingerprint density at radius 2 is 1.42 bits per heavy atom. The first kappa shape index (κ1) is 24.8. The third-order valence-electron chi connectivity index (χ3n) is 5.72. The number of nitrogens with one attached hydrogen (secondary N) is 3. The van der Waals surface area contributed by atoms with E-state index in [0.717, 1.165) is 16.5 Å². The summed E-state index contributed by atoms with van der Waals surface area (Å²) in [4.78, 5) is 21.4. The highest BCUT2D eigenvalue weighted by atomic mass is 32.2. The SMILES string of the molecule is CS(=O)(=O)c1ccc(-c2ccc3c(Nc4cccc(NC(=O)Nc5cccc(F)c5)c4)ncnc3c2)cc1. The number of carbonyl (C=O) groups is 1. The number of urea groups is 1. The quantitative estimate of drug-likeness (QED) is 0.241. The number of amides is 2. The molecule has 3 N–H and O–H groups in total. The lowest BCUT2D eigenvalue weighted by Gasteiger charge is -2.12. The number of hydrogen-bond acceptors (Lipinski definition) is 6. The van der Waals surface area contributed by atoms with E-state index in [2.05, 4.69) is 25.9 Å². The second-order valence-electron chi connectivity index (χ2n) is 8.55. The van der Waals surface area contributed by atoms with Gasteiger partial charge < -0.3 is 16.0 Å². The average molecular weight is 528 g/mol. The van der Waals surface area contributed by atoms with Crippen LogP contribution < -0.4 is 16.0 Å². The van der Waals surface area contributed by atoms with Crippen molar-refractivity contribution in [3.63, 3.8) is 0 Å². The van der Waals surface area contributed by atoms with Crippen molar-refractivity contribution in [2.45, 2.75) is 4.90 Å². The average Bonchev–Trinajstić information content (AvgIpc) is 2.88. The summed E-state index contributed by atoms with van der Waals surface area (Å²) in [5, 5.41) is 9.37. The molecule has 1 aromatic heterocycles. The predicted molar refractivity (Wildman–Crippen MR) is 147 cm³/mol. The van der Waals surface area contributed by atoms with Crippen molar-refractivity contribution in [2.75, 3.05) is 22.2 Å². The van der Waals surface area contributed by atoms with Gasteiger partial charge in [0.25, 0.3) is 0 Å². The molecule has 0 radical (unpaired) electrons. The smallest absolute Gasteiger partial charge is 0.323 e. The molecule has 0 atom stereocenters. The van der Waals surface area contributed by atoms with E-state index in [1.165, 1.54) is 30.8 Å². The first-order chi connectivity index (χ1) is 18.2. The van der Waals surface area contributed by atoms with Crippen molar-refractivity contribution >= 4 is 49.7 Å². The molecule has 38 heavy (non-hydrogen) atoms. The van der Waals surface area contributed by atoms with Gasteiger partial charge in [-0.25, -0.2) is 27.6 Å². The van der Waals surface area contributed by atoms with Crippen LogP contribution in [0.25, 0.3) is 22.0 Å². The Balaban J connectivity index is 1.34. The molecule has 0 unspecified atom stereocenters. The van der Waals surface area contributed by atoms with E-state index in [1.807, 2.05) is 24.3 Å². The van der Waals surface area contributed by atoms with Gasteiger partial charge in [-0.3, -0.25) is 0 Å². The lowest BCUT2D eigenvalue weighted by atomic mass is 10.0. The number of halogens is 1. The second kappa shape index (κ2) is 10.3. The second-order valence-corrected chi connectivity index (χ2v) is 10.6. The zero-order chi connectivity index (χ0) is 26.7. The number of carbonyl (C=O) groups excluding carboxylic acids is 1. The van der Waals surface area contributed by atoms with E-state index < -0.39 is 21.7 Å². The minimum absolute atomic E-state index is 0.263. The lowest BCUT2D eigenvalue weighted by molar-refractivity contribution is 0.262. The van der Waals surface area contributed by atoms with E-state index in [0.29, 0.717) is 28.4 Å². The molecule has 5 rings (SSSR count). The fourth-order valence-electron chi connectivity index (χ4n) is 3.90. The number of nitrogens with zero attached hydrogens (tertiary/aromatic N) is 2. The summed E-state index contributed by atoms with van der Waals surface area (Å²) in [6.45, 7) is 0. The molecular formula is C28H22FN5O3S. The molecule has 8 nitrogen and oxygen atoms in total. The van der Waals surface area contributed by atoms with Gasteiger partial charge >= 0.3 is 6.03 Å². The highest BCUT2D eigenvalue weighted by Crippen LogP contribution is 2.29. The fraction of sp³-hybridized carbons (Fsp3) is 0.0357. The topological polar surface area (TPSA) is 113 Å². The van der Waals surface area contributed by atoms with Crippen LogP contribution in [0.15, 0.2) is 102 Å². The number of hydrogen-bond donors (Lipinski definition) is 3. The van der Waals surface area contributed by atoms with Crippen LogP contribution >= 0.6 is 0 Å². The van der Waals surface area contributed by atoms with Crippen LogP contribution in [0.2, 0.25) is 0 Å². The molecule has 190 valence electrons. The Morgan fingerprint density at radius 1 is 0.763 bits per heavy atom. The summed E-state index contributed by atoms with van der Waals surface area (Å²) in [7, 11) is -3.27. The summed E-state index contributed by atoms with van der Waals surface area (Å²) < 4.78 is 36.9. The Bertz CT molecular complexity index is 1760. The summed E-state index contributed by atoms with van der Waals surface area (Å²) in [6, 6.07) is 24.6. The maximum absolute atomic E-state index is 13.4. The normalized spacial score (nSPS) is 11.2. The van der Waals surface area contributed by atoms with Crippen LogP contribution in [0.5, 0.6) is 0 Å². The van der Waals surface area contributed by atoms with Crippen LogP contribution in [-0.2, 0) is 9.84 Å². The van der Waals surface area contributed by atoms with Crippen LogP contribution in [0, 0.1) is 5.82 Å². The summed E-state index contributed by atoms with van der Waals surface area (Å²) in [5.74, 6) is 0.137. The van der Waals surface area contributed by atoms with E-state index in [9.17, 15) is 17.6 Å². The van der Waals surface area contributed by atoms with Crippen LogP contribution in [0.3, 0.4) is 0 Å². The van der Waals surface area contributed by atoms with Crippen LogP contribution in [0.4, 0.5) is 32.1 Å². The number of anilines is 4. The van der Waals surface area contributed by atoms with Gasteiger partial charge in [0.05, 0.1) is 10.4 Å². The maximum atomic E-state index is 13.4. The van der Waals surface area contributed by atoms with Gasteiger partial charge in [0, 0.05) is 28.7 Å². The first-order valence-electron chi connectivity index (χ1n) is 11.5. The van der Waals surface area contributed by atoms with Crippen LogP contribution in [0.1, 0.15) is 0 Å². The van der Waals surface area contributed by atoms with Crippen molar-refractivity contribution in [1.29, 1.82) is 0 Å². The van der Waals surface area contributed by atoms with Crippen molar-refractivity contribution in [2.24, 2.45) is 0 Å². The fourth-order valence-corrected chi connectivity index (χ4v) is 4.53. The van der Waals surface area contributed by atoms with Gasteiger partial charge in [-0.1, -0.05) is 30.3 Å². The first-order valence-corrected chi connectivity index (χ1v) is 13.4. The molecular weight excluding hydrogens is 505 g/mol. The molecule has 0 saturated heterocycles. The highest BCUT2D eigenvalue weighted by Gasteiger charge is 2.10. The van der Waals surface area contributed by atoms with Crippen molar-refractivity contribution in [3.8, 4) is 11.1 Å². The molecule has 0 aliphatic heterocycles. The monoisotopic (exact) mass is 527 g/mol. The van der Waals surface area contributed by atoms with Crippen molar-refractivity contribution in [1.82, 2.24) is 9.97 Å². The highest BCUT2D eigenvalue weighted by molar-refractivity contribution is 7.90. The number of fused-ring (bicyclic) bond motifs is 1. The molecule has 5 aromatic rings. The van der Waals surface area contributed by atoms with Gasteiger partial charge in [-0.15, -0.1) is 0 Å².